The molecule has 11 rings (SSSR count). The smallest absolute Gasteiger partial charge is 0.252 e. The van der Waals surface area contributed by atoms with Gasteiger partial charge in [-0.3, -0.25) is 0 Å². The molecular weight excluding hydrogens is 820 g/mol. The zero-order chi connectivity index (χ0) is 48.2. The molecule has 2 aliphatic heterocycles. The molecule has 0 radical (unpaired) electrons. The number of hydrogen-bond acceptors (Lipinski definition) is 2. The van der Waals surface area contributed by atoms with Crippen LogP contribution in [0.3, 0.4) is 0 Å². The van der Waals surface area contributed by atoms with Gasteiger partial charge in [0, 0.05) is 39.6 Å². The van der Waals surface area contributed by atoms with Gasteiger partial charge >= 0.3 is 0 Å². The Morgan fingerprint density at radius 1 is 0.500 bits per heavy atom. The van der Waals surface area contributed by atoms with Crippen LogP contribution in [0.2, 0.25) is 0 Å². The van der Waals surface area contributed by atoms with Crippen LogP contribution in [0, 0.1) is 6.92 Å². The first kappa shape index (κ1) is 44.5. The summed E-state index contributed by atoms with van der Waals surface area (Å²) in [6, 6.07) is 50.1. The van der Waals surface area contributed by atoms with E-state index in [9.17, 15) is 0 Å². The highest BCUT2D eigenvalue weighted by atomic mass is 15.2. The minimum absolute atomic E-state index is 0.0180. The fourth-order valence-corrected chi connectivity index (χ4v) is 12.1. The SMILES string of the molecule is C=C1C2=C(c3cc(C(C)(C)C)ccc31)N(c1ccc(C(C)(C)C)cc1)c1cc(C)cc3c1B2c1cc2c(cc1N3c1ccc(C(C)(C)C)cc1-c1ccc3ccccc3c1)C(C)(C)CCC2(C)C. The molecule has 2 heterocycles. The molecule has 2 nitrogen and oxygen atoms in total. The van der Waals surface area contributed by atoms with E-state index in [1.165, 1.54) is 117 Å². The van der Waals surface area contributed by atoms with Crippen molar-refractivity contribution in [1.29, 1.82) is 0 Å². The first-order valence-electron chi connectivity index (χ1n) is 25.2. The molecule has 0 atom stereocenters. The molecule has 0 unspecified atom stereocenters. The van der Waals surface area contributed by atoms with E-state index in [0.717, 1.165) is 18.4 Å². The van der Waals surface area contributed by atoms with Gasteiger partial charge in [0.15, 0.2) is 0 Å². The van der Waals surface area contributed by atoms with E-state index >= 15 is 0 Å². The number of anilines is 5. The minimum Gasteiger partial charge on any atom is -0.311 e. The van der Waals surface area contributed by atoms with E-state index in [2.05, 4.69) is 234 Å². The van der Waals surface area contributed by atoms with Crippen molar-refractivity contribution in [3.63, 3.8) is 0 Å². The molecule has 0 spiro atoms. The van der Waals surface area contributed by atoms with Gasteiger partial charge < -0.3 is 9.80 Å². The summed E-state index contributed by atoms with van der Waals surface area (Å²) in [7, 11) is 0. The van der Waals surface area contributed by atoms with Gasteiger partial charge in [0.25, 0.3) is 6.71 Å². The Labute approximate surface area is 407 Å². The third-order valence-corrected chi connectivity index (χ3v) is 16.3. The number of hydrogen-bond donors (Lipinski definition) is 0. The lowest BCUT2D eigenvalue weighted by molar-refractivity contribution is 0.332. The van der Waals surface area contributed by atoms with Gasteiger partial charge in [-0.05, 0) is 179 Å². The standard InChI is InChI=1S/C65H69BN2/c1-39-32-56-59-57(33-39)68(54-29-25-46(63(9,10)11)35-49(54)43-21-20-41-18-16-17-19-42(41)34-43)55-38-52-51(64(12,13)30-31-65(52,14)15)37-53(55)66(59)58-40(2)48-28-24-45(62(6,7)8)36-50(48)60(58)67(56)47-26-22-44(23-27-47)61(3,4)5/h16-29,32-38H,2,30-31H2,1,3-15H3. The predicted molar refractivity (Wildman–Crippen MR) is 296 cm³/mol. The average Bonchev–Trinajstić information content (AvgIpc) is 3.57. The number of nitrogens with zero attached hydrogens (tertiary/aromatic N) is 2. The van der Waals surface area contributed by atoms with E-state index in [4.69, 9.17) is 6.58 Å². The molecule has 0 saturated heterocycles. The highest BCUT2D eigenvalue weighted by Gasteiger charge is 2.50. The predicted octanol–water partition coefficient (Wildman–Crippen LogP) is 16.6. The van der Waals surface area contributed by atoms with Crippen molar-refractivity contribution in [1.82, 2.24) is 0 Å². The molecular formula is C65H69BN2. The normalized spacial score (nSPS) is 17.0. The summed E-state index contributed by atoms with van der Waals surface area (Å²) in [5.41, 5.74) is 25.8. The number of benzene rings is 7. The molecule has 342 valence electrons. The van der Waals surface area contributed by atoms with Crippen LogP contribution in [0.1, 0.15) is 147 Å². The average molecular weight is 889 g/mol. The van der Waals surface area contributed by atoms with Crippen LogP contribution in [-0.2, 0) is 27.1 Å². The zero-order valence-electron chi connectivity index (χ0n) is 43.2. The zero-order valence-corrected chi connectivity index (χ0v) is 43.2. The fraction of sp³-hybridized carbons (Fsp3) is 0.323. The lowest BCUT2D eigenvalue weighted by atomic mass is 9.32. The summed E-state index contributed by atoms with van der Waals surface area (Å²) in [6.07, 6.45) is 2.31. The maximum Gasteiger partial charge on any atom is 0.252 e. The minimum atomic E-state index is -0.0389. The molecule has 0 fully saturated rings. The van der Waals surface area contributed by atoms with Crippen molar-refractivity contribution in [3.8, 4) is 11.1 Å². The van der Waals surface area contributed by atoms with Crippen molar-refractivity contribution < 1.29 is 0 Å². The Bertz CT molecular complexity index is 3320. The maximum atomic E-state index is 5.09. The van der Waals surface area contributed by atoms with Crippen LogP contribution in [0.5, 0.6) is 0 Å². The Kier molecular flexibility index (Phi) is 9.63. The Morgan fingerprint density at radius 3 is 1.69 bits per heavy atom. The van der Waals surface area contributed by atoms with E-state index in [1.807, 2.05) is 0 Å². The van der Waals surface area contributed by atoms with Gasteiger partial charge in [0.2, 0.25) is 0 Å². The van der Waals surface area contributed by atoms with Crippen LogP contribution in [0.15, 0.2) is 139 Å². The Balaban J connectivity index is 1.28. The van der Waals surface area contributed by atoms with Crippen LogP contribution < -0.4 is 20.7 Å². The van der Waals surface area contributed by atoms with Gasteiger partial charge in [-0.25, -0.2) is 0 Å². The molecule has 3 heteroatoms. The molecule has 0 saturated carbocycles. The van der Waals surface area contributed by atoms with E-state index < -0.39 is 0 Å². The first-order valence-corrected chi connectivity index (χ1v) is 25.2. The Morgan fingerprint density at radius 2 is 1.06 bits per heavy atom. The van der Waals surface area contributed by atoms with Gasteiger partial charge in [-0.1, -0.05) is 169 Å². The van der Waals surface area contributed by atoms with Crippen molar-refractivity contribution >= 4 is 68.1 Å². The van der Waals surface area contributed by atoms with E-state index in [1.54, 1.807) is 0 Å². The largest absolute Gasteiger partial charge is 0.311 e. The summed E-state index contributed by atoms with van der Waals surface area (Å²) in [6.45, 7) is 38.2. The molecule has 7 aromatic rings. The van der Waals surface area contributed by atoms with Crippen LogP contribution in [-0.4, -0.2) is 6.71 Å². The fourth-order valence-electron chi connectivity index (χ4n) is 12.1. The molecule has 0 N–H and O–H groups in total. The van der Waals surface area contributed by atoms with Crippen molar-refractivity contribution in [2.75, 3.05) is 9.80 Å². The van der Waals surface area contributed by atoms with Gasteiger partial charge in [-0.15, -0.1) is 0 Å². The number of allylic oxidation sites excluding steroid dienone is 2. The molecule has 0 bridgehead atoms. The third kappa shape index (κ3) is 6.81. The van der Waals surface area contributed by atoms with Crippen LogP contribution in [0.25, 0.3) is 33.2 Å². The number of aryl methyl sites for hydroxylation is 1. The van der Waals surface area contributed by atoms with E-state index in [-0.39, 0.29) is 33.8 Å². The van der Waals surface area contributed by atoms with Crippen LogP contribution >= 0.6 is 0 Å². The second-order valence-corrected chi connectivity index (χ2v) is 25.1. The van der Waals surface area contributed by atoms with Gasteiger partial charge in [-0.2, -0.15) is 0 Å². The summed E-state index contributed by atoms with van der Waals surface area (Å²) in [5, 5.41) is 2.51. The lowest BCUT2D eigenvalue weighted by Gasteiger charge is -2.47. The maximum absolute atomic E-state index is 5.09. The summed E-state index contributed by atoms with van der Waals surface area (Å²) in [4.78, 5) is 5.30. The molecule has 2 aliphatic carbocycles. The molecule has 0 amide bonds. The highest BCUT2D eigenvalue weighted by Crippen LogP contribution is 2.56. The lowest BCUT2D eigenvalue weighted by Crippen LogP contribution is -2.56. The van der Waals surface area contributed by atoms with Crippen molar-refractivity contribution in [3.05, 3.63) is 184 Å². The second kappa shape index (κ2) is 14.7. The topological polar surface area (TPSA) is 6.48 Å². The molecule has 4 aliphatic rings. The van der Waals surface area contributed by atoms with Gasteiger partial charge in [0.05, 0.1) is 5.69 Å². The summed E-state index contributed by atoms with van der Waals surface area (Å²) in [5.74, 6) is 0. The number of rotatable bonds is 3. The number of fused-ring (bicyclic) bond motifs is 7. The first-order chi connectivity index (χ1) is 31.9. The third-order valence-electron chi connectivity index (χ3n) is 16.3. The van der Waals surface area contributed by atoms with Gasteiger partial charge in [0.1, 0.15) is 0 Å². The molecule has 7 aromatic carbocycles. The van der Waals surface area contributed by atoms with Crippen molar-refractivity contribution in [2.24, 2.45) is 0 Å². The summed E-state index contributed by atoms with van der Waals surface area (Å²) >= 11 is 0. The molecule has 0 aromatic heterocycles. The van der Waals surface area contributed by atoms with Crippen molar-refractivity contribution in [2.45, 2.75) is 137 Å². The Hall–Kier alpha value is -6.06. The molecule has 68 heavy (non-hydrogen) atoms. The van der Waals surface area contributed by atoms with Crippen LogP contribution in [0.4, 0.5) is 28.4 Å². The summed E-state index contributed by atoms with van der Waals surface area (Å²) < 4.78 is 0. The quantitative estimate of drug-likeness (QED) is 0.163. The van der Waals surface area contributed by atoms with E-state index in [0.29, 0.717) is 0 Å². The second-order valence-electron chi connectivity index (χ2n) is 25.1. The monoisotopic (exact) mass is 889 g/mol. The highest BCUT2D eigenvalue weighted by molar-refractivity contribution is 6.98.